The van der Waals surface area contributed by atoms with Crippen LogP contribution in [0.25, 0.3) is 0 Å². The van der Waals surface area contributed by atoms with Gasteiger partial charge in [-0.3, -0.25) is 4.79 Å². The van der Waals surface area contributed by atoms with Crippen LogP contribution in [0.3, 0.4) is 0 Å². The first-order chi connectivity index (χ1) is 12.3. The van der Waals surface area contributed by atoms with Gasteiger partial charge in [0.25, 0.3) is 0 Å². The van der Waals surface area contributed by atoms with Crippen LogP contribution < -0.4 is 14.8 Å². The van der Waals surface area contributed by atoms with E-state index in [2.05, 4.69) is 31.4 Å². The summed E-state index contributed by atoms with van der Waals surface area (Å²) in [5, 5.41) is 6.87. The molecular weight excluding hydrogens is 402 g/mol. The molecule has 1 amide bonds. The zero-order chi connectivity index (χ0) is 18.7. The Balaban J connectivity index is 1.52. The van der Waals surface area contributed by atoms with Gasteiger partial charge in [-0.1, -0.05) is 25.9 Å². The lowest BCUT2D eigenvalue weighted by Gasteiger charge is -2.20. The number of anilines is 1. The number of aromatic nitrogens is 2. The lowest BCUT2D eigenvalue weighted by atomic mass is 9.96. The molecule has 0 saturated heterocycles. The number of carbonyl (C=O) groups excluding carboxylic acids is 1. The van der Waals surface area contributed by atoms with Gasteiger partial charge >= 0.3 is 0 Å². The molecule has 0 fully saturated rings. The van der Waals surface area contributed by atoms with Crippen LogP contribution >= 0.6 is 15.9 Å². The summed E-state index contributed by atoms with van der Waals surface area (Å²) in [5.74, 6) is 2.46. The number of benzene rings is 1. The highest BCUT2D eigenvalue weighted by atomic mass is 79.9. The van der Waals surface area contributed by atoms with E-state index in [0.29, 0.717) is 61.4 Å². The molecule has 0 bridgehead atoms. The van der Waals surface area contributed by atoms with Crippen molar-refractivity contribution >= 4 is 27.5 Å². The van der Waals surface area contributed by atoms with E-state index >= 15 is 0 Å². The summed E-state index contributed by atoms with van der Waals surface area (Å²) in [4.78, 5) is 16.6. The smallest absolute Gasteiger partial charge is 0.226 e. The van der Waals surface area contributed by atoms with Gasteiger partial charge < -0.3 is 19.3 Å². The van der Waals surface area contributed by atoms with Crippen molar-refractivity contribution in [3.05, 3.63) is 28.3 Å². The van der Waals surface area contributed by atoms with Gasteiger partial charge in [0.15, 0.2) is 17.3 Å². The molecule has 0 radical (unpaired) electrons. The van der Waals surface area contributed by atoms with Gasteiger partial charge in [-0.05, 0) is 22.4 Å². The molecule has 1 N–H and O–H groups in total. The first kappa shape index (κ1) is 18.7. The normalized spacial score (nSPS) is 13.5. The third-order valence-electron chi connectivity index (χ3n) is 3.84. The molecule has 7 nitrogen and oxygen atoms in total. The Morgan fingerprint density at radius 2 is 1.92 bits per heavy atom. The molecule has 26 heavy (non-hydrogen) atoms. The van der Waals surface area contributed by atoms with Crippen molar-refractivity contribution in [3.8, 4) is 11.5 Å². The average molecular weight is 424 g/mol. The highest BCUT2D eigenvalue weighted by Gasteiger charge is 2.21. The Morgan fingerprint density at radius 3 is 2.58 bits per heavy atom. The number of ether oxygens (including phenoxy) is 2. The minimum Gasteiger partial charge on any atom is -0.486 e. The number of amides is 1. The minimum absolute atomic E-state index is 0.0852. The fraction of sp³-hybridized carbons (Fsp3) is 0.500. The summed E-state index contributed by atoms with van der Waals surface area (Å²) in [5.41, 5.74) is 0.510. The predicted octanol–water partition coefficient (Wildman–Crippen LogP) is 3.86. The van der Waals surface area contributed by atoms with E-state index in [0.717, 1.165) is 4.47 Å². The Bertz CT molecular complexity index is 798. The van der Waals surface area contributed by atoms with Crippen molar-refractivity contribution in [2.75, 3.05) is 18.5 Å². The predicted molar refractivity (Wildman–Crippen MR) is 99.7 cm³/mol. The molecule has 8 heteroatoms. The van der Waals surface area contributed by atoms with E-state index in [1.807, 2.05) is 20.8 Å². The van der Waals surface area contributed by atoms with Crippen molar-refractivity contribution in [2.24, 2.45) is 0 Å². The van der Waals surface area contributed by atoms with E-state index in [-0.39, 0.29) is 11.3 Å². The van der Waals surface area contributed by atoms with Gasteiger partial charge in [0, 0.05) is 34.9 Å². The fourth-order valence-electron chi connectivity index (χ4n) is 2.43. The molecule has 0 saturated carbocycles. The van der Waals surface area contributed by atoms with E-state index in [4.69, 9.17) is 14.0 Å². The van der Waals surface area contributed by atoms with Gasteiger partial charge in [-0.2, -0.15) is 4.98 Å². The van der Waals surface area contributed by atoms with Crippen LogP contribution in [0.15, 0.2) is 21.1 Å². The molecule has 1 aliphatic heterocycles. The molecule has 3 rings (SSSR count). The lowest BCUT2D eigenvalue weighted by molar-refractivity contribution is -0.116. The highest BCUT2D eigenvalue weighted by molar-refractivity contribution is 9.10. The zero-order valence-corrected chi connectivity index (χ0v) is 16.7. The topological polar surface area (TPSA) is 86.5 Å². The third kappa shape index (κ3) is 4.55. The van der Waals surface area contributed by atoms with E-state index < -0.39 is 0 Å². The highest BCUT2D eigenvalue weighted by Crippen LogP contribution is 2.38. The summed E-state index contributed by atoms with van der Waals surface area (Å²) >= 11 is 3.45. The molecule has 1 aliphatic rings. The van der Waals surface area contributed by atoms with E-state index in [1.165, 1.54) is 0 Å². The van der Waals surface area contributed by atoms with E-state index in [1.54, 1.807) is 12.1 Å². The van der Waals surface area contributed by atoms with Crippen molar-refractivity contribution in [3.63, 3.8) is 0 Å². The molecule has 0 unspecified atom stereocenters. The van der Waals surface area contributed by atoms with Crippen molar-refractivity contribution < 1.29 is 18.8 Å². The minimum atomic E-state index is -0.149. The Hall–Kier alpha value is -2.09. The maximum Gasteiger partial charge on any atom is 0.226 e. The third-order valence-corrected chi connectivity index (χ3v) is 4.50. The molecule has 0 spiro atoms. The van der Waals surface area contributed by atoms with Gasteiger partial charge in [0.1, 0.15) is 13.2 Å². The molecule has 1 aromatic carbocycles. The van der Waals surface area contributed by atoms with Gasteiger partial charge in [-0.25, -0.2) is 0 Å². The summed E-state index contributed by atoms with van der Waals surface area (Å²) in [6.45, 7) is 7.11. The molecule has 0 atom stereocenters. The van der Waals surface area contributed by atoms with Crippen LogP contribution in [0, 0.1) is 0 Å². The largest absolute Gasteiger partial charge is 0.486 e. The zero-order valence-electron chi connectivity index (χ0n) is 15.1. The van der Waals surface area contributed by atoms with Crippen molar-refractivity contribution in [1.29, 1.82) is 0 Å². The van der Waals surface area contributed by atoms with Gasteiger partial charge in [0.05, 0.1) is 5.69 Å². The Morgan fingerprint density at radius 1 is 1.23 bits per heavy atom. The number of halogens is 1. The molecule has 2 heterocycles. The van der Waals surface area contributed by atoms with Crippen LogP contribution in [-0.4, -0.2) is 29.3 Å². The van der Waals surface area contributed by atoms with Gasteiger partial charge in [0.2, 0.25) is 11.8 Å². The van der Waals surface area contributed by atoms with Crippen LogP contribution in [0.4, 0.5) is 5.69 Å². The average Bonchev–Trinajstić information content (AvgIpc) is 3.05. The van der Waals surface area contributed by atoms with Crippen molar-refractivity contribution in [1.82, 2.24) is 10.1 Å². The van der Waals surface area contributed by atoms with Crippen LogP contribution in [0.1, 0.15) is 45.3 Å². The van der Waals surface area contributed by atoms with Crippen LogP contribution in [0.5, 0.6) is 11.5 Å². The number of fused-ring (bicyclic) bond motifs is 1. The fourth-order valence-corrected chi connectivity index (χ4v) is 2.86. The molecule has 2 aromatic rings. The SMILES string of the molecule is CC(C)(C)c1noc(CCCC(=O)Nc2cc3c(cc2Br)OCCO3)n1. The molecule has 1 aromatic heterocycles. The summed E-state index contributed by atoms with van der Waals surface area (Å²) < 4.78 is 17.1. The van der Waals surface area contributed by atoms with E-state index in [9.17, 15) is 4.79 Å². The number of hydrogen-bond acceptors (Lipinski definition) is 6. The standard InChI is InChI=1S/C18H22BrN3O4/c1-18(2,3)17-21-16(26-22-17)6-4-5-15(23)20-12-10-14-13(9-11(12)19)24-7-8-25-14/h9-10H,4-8H2,1-3H3,(H,20,23). The molecule has 0 aliphatic carbocycles. The second kappa shape index (κ2) is 7.65. The number of aryl methyl sites for hydroxylation is 1. The summed E-state index contributed by atoms with van der Waals surface area (Å²) in [7, 11) is 0. The second-order valence-electron chi connectivity index (χ2n) is 7.14. The number of carbonyl (C=O) groups is 1. The summed E-state index contributed by atoms with van der Waals surface area (Å²) in [6, 6.07) is 3.57. The van der Waals surface area contributed by atoms with Crippen molar-refractivity contribution in [2.45, 2.75) is 45.4 Å². The lowest BCUT2D eigenvalue weighted by Crippen LogP contribution is -2.17. The number of nitrogens with zero attached hydrogens (tertiary/aromatic N) is 2. The maximum atomic E-state index is 12.2. The summed E-state index contributed by atoms with van der Waals surface area (Å²) in [6.07, 6.45) is 1.55. The first-order valence-electron chi connectivity index (χ1n) is 8.55. The molecule has 140 valence electrons. The molecular formula is C18H22BrN3O4. The van der Waals surface area contributed by atoms with Gasteiger partial charge in [-0.15, -0.1) is 0 Å². The van der Waals surface area contributed by atoms with Crippen LogP contribution in [-0.2, 0) is 16.6 Å². The number of rotatable bonds is 5. The number of hydrogen-bond donors (Lipinski definition) is 1. The Kier molecular flexibility index (Phi) is 5.50. The second-order valence-corrected chi connectivity index (χ2v) is 7.99. The maximum absolute atomic E-state index is 12.2. The first-order valence-corrected chi connectivity index (χ1v) is 9.34. The quantitative estimate of drug-likeness (QED) is 0.785. The van der Waals surface area contributed by atoms with Crippen LogP contribution in [0.2, 0.25) is 0 Å². The monoisotopic (exact) mass is 423 g/mol. The Labute approximate surface area is 160 Å². The number of nitrogens with one attached hydrogen (secondary N) is 1.